The van der Waals surface area contributed by atoms with Gasteiger partial charge in [0.2, 0.25) is 0 Å². The lowest BCUT2D eigenvalue weighted by atomic mass is 10.2. The fourth-order valence-electron chi connectivity index (χ4n) is 1.23. The maximum atomic E-state index is 9.38. The van der Waals surface area contributed by atoms with E-state index in [1.807, 2.05) is 6.92 Å². The number of hydrogen-bond donors (Lipinski definition) is 3. The molecule has 0 aliphatic heterocycles. The van der Waals surface area contributed by atoms with Gasteiger partial charge in [-0.15, -0.1) is 0 Å². The number of H-pyrrole nitrogens is 1. The van der Waals surface area contributed by atoms with Gasteiger partial charge in [0.1, 0.15) is 11.3 Å². The molecule has 0 amide bonds. The number of hydrogen-bond acceptors (Lipinski definition) is 3. The first-order valence-corrected chi connectivity index (χ1v) is 3.62. The molecule has 0 aliphatic carbocycles. The van der Waals surface area contributed by atoms with Crippen molar-refractivity contribution in [3.63, 3.8) is 0 Å². The third-order valence-corrected chi connectivity index (χ3v) is 1.84. The summed E-state index contributed by atoms with van der Waals surface area (Å²) in [5.74, 6) is 0.509. The molecule has 0 saturated carbocycles. The van der Waals surface area contributed by atoms with Gasteiger partial charge in [-0.3, -0.25) is 0 Å². The van der Waals surface area contributed by atoms with E-state index >= 15 is 0 Å². The molecular formula is C8H9N3O. The van der Waals surface area contributed by atoms with E-state index in [1.165, 1.54) is 0 Å². The van der Waals surface area contributed by atoms with E-state index < -0.39 is 0 Å². The highest BCUT2D eigenvalue weighted by Gasteiger charge is 2.06. The maximum absolute atomic E-state index is 9.38. The number of nitrogens with one attached hydrogen (secondary N) is 1. The predicted molar refractivity (Wildman–Crippen MR) is 46.9 cm³/mol. The Balaban J connectivity index is 2.93. The number of aromatic nitrogens is 2. The van der Waals surface area contributed by atoms with Gasteiger partial charge in [-0.25, -0.2) is 4.98 Å². The van der Waals surface area contributed by atoms with Crippen molar-refractivity contribution < 1.29 is 5.11 Å². The van der Waals surface area contributed by atoms with Gasteiger partial charge in [0, 0.05) is 0 Å². The Labute approximate surface area is 69.0 Å². The van der Waals surface area contributed by atoms with Crippen molar-refractivity contribution in [2.24, 2.45) is 0 Å². The van der Waals surface area contributed by atoms with Gasteiger partial charge in [0.05, 0.1) is 5.52 Å². The molecule has 2 aromatic rings. The smallest absolute Gasteiger partial charge is 0.198 e. The van der Waals surface area contributed by atoms with Crippen molar-refractivity contribution in [3.8, 4) is 5.75 Å². The van der Waals surface area contributed by atoms with Crippen LogP contribution in [0.4, 0.5) is 5.95 Å². The van der Waals surface area contributed by atoms with Crippen molar-refractivity contribution in [2.45, 2.75) is 6.92 Å². The topological polar surface area (TPSA) is 74.9 Å². The number of fused-ring (bicyclic) bond motifs is 1. The first-order valence-electron chi connectivity index (χ1n) is 3.62. The minimum atomic E-state index is 0.180. The zero-order chi connectivity index (χ0) is 8.72. The standard InChI is InChI=1S/C8H9N3O/c1-4-2-3-5(12)7-6(4)10-8(9)11-7/h2-3,12H,1H3,(H3,9,10,11). The second-order valence-corrected chi connectivity index (χ2v) is 2.75. The Bertz CT molecular complexity index is 394. The summed E-state index contributed by atoms with van der Waals surface area (Å²) in [6.45, 7) is 1.92. The van der Waals surface area contributed by atoms with Crippen LogP contribution < -0.4 is 5.73 Å². The van der Waals surface area contributed by atoms with Crippen LogP contribution >= 0.6 is 0 Å². The molecule has 4 heteroatoms. The van der Waals surface area contributed by atoms with E-state index in [0.717, 1.165) is 11.1 Å². The molecule has 0 unspecified atom stereocenters. The maximum Gasteiger partial charge on any atom is 0.198 e. The van der Waals surface area contributed by atoms with Crippen LogP contribution in [0.5, 0.6) is 5.75 Å². The zero-order valence-electron chi connectivity index (χ0n) is 6.63. The van der Waals surface area contributed by atoms with Crippen LogP contribution in [0.3, 0.4) is 0 Å². The Kier molecular flexibility index (Phi) is 1.24. The van der Waals surface area contributed by atoms with Gasteiger partial charge >= 0.3 is 0 Å². The molecule has 0 spiro atoms. The SMILES string of the molecule is Cc1ccc(O)c2[nH]c(N)nc12. The van der Waals surface area contributed by atoms with Crippen LogP contribution in [-0.2, 0) is 0 Å². The lowest BCUT2D eigenvalue weighted by molar-refractivity contribution is 0.480. The minimum Gasteiger partial charge on any atom is -0.506 e. The summed E-state index contributed by atoms with van der Waals surface area (Å²) in [7, 11) is 0. The van der Waals surface area contributed by atoms with Crippen LogP contribution in [-0.4, -0.2) is 15.1 Å². The third-order valence-electron chi connectivity index (χ3n) is 1.84. The quantitative estimate of drug-likeness (QED) is 0.545. The molecule has 2 rings (SSSR count). The number of phenolic OH excluding ortho intramolecular Hbond substituents is 1. The number of nitrogens with two attached hydrogens (primary N) is 1. The van der Waals surface area contributed by atoms with Crippen molar-refractivity contribution in [2.75, 3.05) is 5.73 Å². The number of nitrogens with zero attached hydrogens (tertiary/aromatic N) is 1. The van der Waals surface area contributed by atoms with Crippen LogP contribution in [0.25, 0.3) is 11.0 Å². The summed E-state index contributed by atoms with van der Waals surface area (Å²) in [5.41, 5.74) is 7.78. The van der Waals surface area contributed by atoms with Crippen molar-refractivity contribution in [1.82, 2.24) is 9.97 Å². The molecule has 0 aliphatic rings. The average molecular weight is 163 g/mol. The normalized spacial score (nSPS) is 10.8. The van der Waals surface area contributed by atoms with E-state index in [9.17, 15) is 5.11 Å². The van der Waals surface area contributed by atoms with Gasteiger partial charge in [-0.2, -0.15) is 0 Å². The monoisotopic (exact) mass is 163 g/mol. The van der Waals surface area contributed by atoms with E-state index in [2.05, 4.69) is 9.97 Å². The Morgan fingerprint density at radius 3 is 2.92 bits per heavy atom. The lowest BCUT2D eigenvalue weighted by Crippen LogP contribution is -1.84. The molecule has 12 heavy (non-hydrogen) atoms. The number of aryl methyl sites for hydroxylation is 1. The number of benzene rings is 1. The fraction of sp³-hybridized carbons (Fsp3) is 0.125. The Hall–Kier alpha value is -1.71. The summed E-state index contributed by atoms with van der Waals surface area (Å²) < 4.78 is 0. The first kappa shape index (κ1) is 6.97. The lowest BCUT2D eigenvalue weighted by Gasteiger charge is -1.95. The third kappa shape index (κ3) is 0.812. The molecule has 1 aromatic carbocycles. The number of aromatic hydroxyl groups is 1. The highest BCUT2D eigenvalue weighted by Crippen LogP contribution is 2.25. The summed E-state index contributed by atoms with van der Waals surface area (Å²) >= 11 is 0. The van der Waals surface area contributed by atoms with E-state index in [-0.39, 0.29) is 5.75 Å². The predicted octanol–water partition coefficient (Wildman–Crippen LogP) is 1.16. The molecule has 0 radical (unpaired) electrons. The van der Waals surface area contributed by atoms with Crippen molar-refractivity contribution >= 4 is 17.0 Å². The second kappa shape index (κ2) is 2.14. The van der Waals surface area contributed by atoms with Crippen molar-refractivity contribution in [1.29, 1.82) is 0 Å². The number of phenols is 1. The van der Waals surface area contributed by atoms with Crippen LogP contribution in [0, 0.1) is 6.92 Å². The molecule has 0 bridgehead atoms. The first-order chi connectivity index (χ1) is 5.68. The van der Waals surface area contributed by atoms with Crippen LogP contribution in [0.15, 0.2) is 12.1 Å². The van der Waals surface area contributed by atoms with E-state index in [0.29, 0.717) is 11.5 Å². The van der Waals surface area contributed by atoms with Gasteiger partial charge in [0.15, 0.2) is 5.95 Å². The molecule has 62 valence electrons. The minimum absolute atomic E-state index is 0.180. The van der Waals surface area contributed by atoms with Gasteiger partial charge in [-0.05, 0) is 18.6 Å². The molecule has 4 N–H and O–H groups in total. The number of aromatic amines is 1. The molecule has 4 nitrogen and oxygen atoms in total. The summed E-state index contributed by atoms with van der Waals surface area (Å²) in [4.78, 5) is 6.82. The van der Waals surface area contributed by atoms with E-state index in [4.69, 9.17) is 5.73 Å². The zero-order valence-corrected chi connectivity index (χ0v) is 6.63. The summed E-state index contributed by atoms with van der Waals surface area (Å²) in [6.07, 6.45) is 0. The number of imidazole rings is 1. The number of rotatable bonds is 0. The summed E-state index contributed by atoms with van der Waals surface area (Å²) in [5, 5.41) is 9.38. The van der Waals surface area contributed by atoms with Gasteiger partial charge in [0.25, 0.3) is 0 Å². The van der Waals surface area contributed by atoms with Gasteiger partial charge < -0.3 is 15.8 Å². The van der Waals surface area contributed by atoms with Crippen LogP contribution in [0.2, 0.25) is 0 Å². The largest absolute Gasteiger partial charge is 0.506 e. The number of anilines is 1. The number of nitrogen functional groups attached to an aromatic ring is 1. The highest BCUT2D eigenvalue weighted by molar-refractivity contribution is 5.85. The fourth-order valence-corrected chi connectivity index (χ4v) is 1.23. The molecule has 0 fully saturated rings. The molecular weight excluding hydrogens is 154 g/mol. The molecule has 1 aromatic heterocycles. The molecule has 0 saturated heterocycles. The molecule has 1 heterocycles. The highest BCUT2D eigenvalue weighted by atomic mass is 16.3. The summed E-state index contributed by atoms with van der Waals surface area (Å²) in [6, 6.07) is 3.42. The average Bonchev–Trinajstić information content (AvgIpc) is 2.41. The Morgan fingerprint density at radius 2 is 2.25 bits per heavy atom. The van der Waals surface area contributed by atoms with E-state index in [1.54, 1.807) is 12.1 Å². The Morgan fingerprint density at radius 1 is 1.50 bits per heavy atom. The second-order valence-electron chi connectivity index (χ2n) is 2.75. The molecule has 0 atom stereocenters. The van der Waals surface area contributed by atoms with Gasteiger partial charge in [-0.1, -0.05) is 6.07 Å². The van der Waals surface area contributed by atoms with Crippen molar-refractivity contribution in [3.05, 3.63) is 17.7 Å². The van der Waals surface area contributed by atoms with Crippen LogP contribution in [0.1, 0.15) is 5.56 Å².